The lowest BCUT2D eigenvalue weighted by Crippen LogP contribution is -2.49. The third-order valence-electron chi connectivity index (χ3n) is 2.96. The predicted molar refractivity (Wildman–Crippen MR) is 63.4 cm³/mol. The first-order valence-electron chi connectivity index (χ1n) is 5.23. The van der Waals surface area contributed by atoms with Crippen molar-refractivity contribution in [3.8, 4) is 0 Å². The van der Waals surface area contributed by atoms with E-state index in [0.717, 1.165) is 12.8 Å². The molecule has 1 saturated heterocycles. The lowest BCUT2D eigenvalue weighted by molar-refractivity contribution is 0.213. The van der Waals surface area contributed by atoms with Crippen molar-refractivity contribution in [2.45, 2.75) is 30.7 Å². The number of thioether (sulfide) groups is 1. The minimum absolute atomic E-state index is 0.319. The molecule has 0 aromatic heterocycles. The molecular formula is C9H18N2O2S2. The monoisotopic (exact) mass is 250 g/mol. The Bertz CT molecular complexity index is 332. The molecule has 1 aliphatic carbocycles. The minimum atomic E-state index is -3.01. The van der Waals surface area contributed by atoms with Gasteiger partial charge in [-0.2, -0.15) is 0 Å². The van der Waals surface area contributed by atoms with E-state index in [9.17, 15) is 8.42 Å². The first-order chi connectivity index (χ1) is 6.86. The Morgan fingerprint density at radius 1 is 1.47 bits per heavy atom. The molecule has 0 amide bonds. The van der Waals surface area contributed by atoms with Crippen LogP contribution in [0.15, 0.2) is 0 Å². The summed E-state index contributed by atoms with van der Waals surface area (Å²) in [5.41, 5.74) is 0. The third kappa shape index (κ3) is 3.62. The molecule has 2 fully saturated rings. The quantitative estimate of drug-likeness (QED) is 0.692. The first kappa shape index (κ1) is 11.7. The van der Waals surface area contributed by atoms with Crippen LogP contribution in [0.4, 0.5) is 0 Å². The number of hydrogen-bond acceptors (Lipinski definition) is 4. The first-order valence-corrected chi connectivity index (χ1v) is 8.10. The van der Waals surface area contributed by atoms with Crippen molar-refractivity contribution >= 4 is 21.8 Å². The van der Waals surface area contributed by atoms with Gasteiger partial charge in [-0.25, -0.2) is 13.1 Å². The Balaban J connectivity index is 1.61. The molecule has 0 aromatic carbocycles. The van der Waals surface area contributed by atoms with Crippen LogP contribution in [0.1, 0.15) is 19.8 Å². The molecule has 0 spiro atoms. The summed E-state index contributed by atoms with van der Waals surface area (Å²) in [6.07, 6.45) is 3.40. The van der Waals surface area contributed by atoms with E-state index in [0.29, 0.717) is 23.4 Å². The van der Waals surface area contributed by atoms with Crippen molar-refractivity contribution in [1.29, 1.82) is 0 Å². The van der Waals surface area contributed by atoms with E-state index in [1.807, 2.05) is 11.8 Å². The number of rotatable bonds is 5. The highest BCUT2D eigenvalue weighted by Crippen LogP contribution is 2.43. The van der Waals surface area contributed by atoms with Crippen molar-refractivity contribution in [1.82, 2.24) is 10.0 Å². The van der Waals surface area contributed by atoms with Crippen LogP contribution in [0.2, 0.25) is 0 Å². The molecule has 1 saturated carbocycles. The van der Waals surface area contributed by atoms with Gasteiger partial charge in [-0.05, 0) is 25.7 Å². The maximum absolute atomic E-state index is 10.9. The summed E-state index contributed by atoms with van der Waals surface area (Å²) >= 11 is 1.94. The van der Waals surface area contributed by atoms with Crippen molar-refractivity contribution < 1.29 is 8.42 Å². The lowest BCUT2D eigenvalue weighted by Gasteiger charge is -2.37. The van der Waals surface area contributed by atoms with Gasteiger partial charge < -0.3 is 0 Å². The summed E-state index contributed by atoms with van der Waals surface area (Å²) < 4.78 is 24.3. The highest BCUT2D eigenvalue weighted by Gasteiger charge is 2.43. The summed E-state index contributed by atoms with van der Waals surface area (Å²) in [7, 11) is -3.01. The van der Waals surface area contributed by atoms with Crippen LogP contribution in [0.25, 0.3) is 0 Å². The second kappa shape index (κ2) is 3.91. The van der Waals surface area contributed by atoms with Gasteiger partial charge >= 0.3 is 0 Å². The van der Waals surface area contributed by atoms with Crippen molar-refractivity contribution in [2.75, 3.05) is 18.6 Å². The maximum Gasteiger partial charge on any atom is 0.208 e. The van der Waals surface area contributed by atoms with Crippen LogP contribution in [-0.4, -0.2) is 37.9 Å². The van der Waals surface area contributed by atoms with Gasteiger partial charge in [0.25, 0.3) is 0 Å². The van der Waals surface area contributed by atoms with Gasteiger partial charge in [0.15, 0.2) is 0 Å². The van der Waals surface area contributed by atoms with Crippen LogP contribution in [0.3, 0.4) is 0 Å². The van der Waals surface area contributed by atoms with Gasteiger partial charge in [-0.1, -0.05) is 0 Å². The third-order valence-corrected chi connectivity index (χ3v) is 4.92. The van der Waals surface area contributed by atoms with Crippen LogP contribution < -0.4 is 10.0 Å². The molecule has 0 radical (unpaired) electrons. The summed E-state index contributed by atoms with van der Waals surface area (Å²) in [6.45, 7) is 2.82. The molecule has 6 heteroatoms. The standard InChI is InChI=1S/C9H18N2O2S2/c1-9(6-14-9)11-8-3-7(4-8)5-10-15(2,12)13/h7-8,10-11H,3-6H2,1-2H3/t7-,8+,9?. The highest BCUT2D eigenvalue weighted by atomic mass is 32.2. The smallest absolute Gasteiger partial charge is 0.208 e. The van der Waals surface area contributed by atoms with E-state index in [1.165, 1.54) is 12.0 Å². The van der Waals surface area contributed by atoms with Crippen molar-refractivity contribution in [2.24, 2.45) is 5.92 Å². The number of sulfonamides is 1. The maximum atomic E-state index is 10.9. The predicted octanol–water partition coefficient (Wildman–Crippen LogP) is 0.367. The molecule has 4 nitrogen and oxygen atoms in total. The molecule has 0 bridgehead atoms. The topological polar surface area (TPSA) is 58.2 Å². The van der Waals surface area contributed by atoms with Crippen LogP contribution >= 0.6 is 11.8 Å². The Hall–Kier alpha value is 0.220. The SMILES string of the molecule is CC1(N[C@H]2C[C@@H](CNS(C)(=O)=O)C2)CS1. The van der Waals surface area contributed by atoms with Crippen LogP contribution in [-0.2, 0) is 10.0 Å². The molecule has 1 heterocycles. The molecular weight excluding hydrogens is 232 g/mol. The molecule has 1 atom stereocenters. The van der Waals surface area contributed by atoms with Crippen LogP contribution in [0.5, 0.6) is 0 Å². The summed E-state index contributed by atoms with van der Waals surface area (Å²) in [5.74, 6) is 1.72. The second-order valence-corrected chi connectivity index (χ2v) is 8.13. The van der Waals surface area contributed by atoms with Gasteiger partial charge in [0, 0.05) is 18.3 Å². The zero-order valence-electron chi connectivity index (χ0n) is 9.12. The largest absolute Gasteiger partial charge is 0.300 e. The molecule has 15 heavy (non-hydrogen) atoms. The molecule has 1 aliphatic heterocycles. The molecule has 1 unspecified atom stereocenters. The van der Waals surface area contributed by atoms with Crippen molar-refractivity contribution in [3.63, 3.8) is 0 Å². The zero-order valence-corrected chi connectivity index (χ0v) is 10.7. The Morgan fingerprint density at radius 2 is 2.07 bits per heavy atom. The molecule has 2 aliphatic rings. The molecule has 2 N–H and O–H groups in total. The normalized spacial score (nSPS) is 39.9. The zero-order chi connectivity index (χ0) is 11.1. The average molecular weight is 250 g/mol. The molecule has 88 valence electrons. The number of nitrogens with one attached hydrogen (secondary N) is 2. The average Bonchev–Trinajstić information content (AvgIpc) is 2.72. The lowest BCUT2D eigenvalue weighted by atomic mass is 9.80. The summed E-state index contributed by atoms with van der Waals surface area (Å²) in [4.78, 5) is 0.319. The van der Waals surface area contributed by atoms with Gasteiger partial charge in [-0.15, -0.1) is 11.8 Å². The molecule has 2 rings (SSSR count). The van der Waals surface area contributed by atoms with E-state index < -0.39 is 10.0 Å². The van der Waals surface area contributed by atoms with Gasteiger partial charge in [0.05, 0.1) is 11.1 Å². The fourth-order valence-corrected chi connectivity index (χ4v) is 3.00. The minimum Gasteiger partial charge on any atom is -0.300 e. The summed E-state index contributed by atoms with van der Waals surface area (Å²) in [6, 6.07) is 0.594. The highest BCUT2D eigenvalue weighted by molar-refractivity contribution is 8.07. The van der Waals surface area contributed by atoms with Crippen LogP contribution in [0, 0.1) is 5.92 Å². The fraction of sp³-hybridized carbons (Fsp3) is 1.00. The number of hydrogen-bond donors (Lipinski definition) is 2. The van der Waals surface area contributed by atoms with Gasteiger partial charge in [0.2, 0.25) is 10.0 Å². The van der Waals surface area contributed by atoms with E-state index in [-0.39, 0.29) is 0 Å². The summed E-state index contributed by atoms with van der Waals surface area (Å²) in [5, 5.41) is 3.58. The Labute approximate surface area is 95.6 Å². The van der Waals surface area contributed by atoms with E-state index in [2.05, 4.69) is 17.0 Å². The van der Waals surface area contributed by atoms with Crippen molar-refractivity contribution in [3.05, 3.63) is 0 Å². The van der Waals surface area contributed by atoms with Gasteiger partial charge in [-0.3, -0.25) is 5.32 Å². The fourth-order valence-electron chi connectivity index (χ4n) is 1.91. The van der Waals surface area contributed by atoms with E-state index >= 15 is 0 Å². The second-order valence-electron chi connectivity index (χ2n) is 4.82. The van der Waals surface area contributed by atoms with Gasteiger partial charge in [0.1, 0.15) is 0 Å². The molecule has 0 aromatic rings. The Morgan fingerprint density at radius 3 is 2.53 bits per heavy atom. The van der Waals surface area contributed by atoms with E-state index in [1.54, 1.807) is 0 Å². The van der Waals surface area contributed by atoms with E-state index in [4.69, 9.17) is 0 Å². The Kier molecular flexibility index (Phi) is 3.05.